The molecule has 0 amide bonds. The number of benzene rings is 2. The number of phenolic OH excluding ortho intramolecular Hbond substituents is 1. The standard InChI is InChI=1S/C18H15NO7/c1-24-12-3-4-15-13(8-12)17(20)11(9-26-15)5-10-6-14(19(22)23)18(21)16(7-10)25-2/h3-8,21H,9H2,1-2H3/b11-5+. The molecule has 0 saturated heterocycles. The molecule has 26 heavy (non-hydrogen) atoms. The van der Waals surface area contributed by atoms with E-state index in [1.165, 1.54) is 32.4 Å². The Bertz CT molecular complexity index is 933. The fraction of sp³-hybridized carbons (Fsp3) is 0.167. The van der Waals surface area contributed by atoms with E-state index in [0.717, 1.165) is 0 Å². The topological polar surface area (TPSA) is 108 Å². The Kier molecular flexibility index (Phi) is 4.49. The van der Waals surface area contributed by atoms with Crippen LogP contribution in [0.15, 0.2) is 35.9 Å². The van der Waals surface area contributed by atoms with Gasteiger partial charge in [0.05, 0.1) is 24.7 Å². The Morgan fingerprint density at radius 2 is 2.00 bits per heavy atom. The van der Waals surface area contributed by atoms with Crippen molar-refractivity contribution in [1.29, 1.82) is 0 Å². The quantitative estimate of drug-likeness (QED) is 0.509. The molecule has 0 saturated carbocycles. The number of carbonyl (C=O) groups excluding carboxylic acids is 1. The molecule has 2 aromatic carbocycles. The number of nitro groups is 1. The molecule has 3 rings (SSSR count). The second kappa shape index (κ2) is 6.75. The van der Waals surface area contributed by atoms with Crippen LogP contribution in [-0.2, 0) is 0 Å². The van der Waals surface area contributed by atoms with E-state index in [9.17, 15) is 20.0 Å². The third-order valence-corrected chi connectivity index (χ3v) is 3.94. The molecular formula is C18H15NO7. The van der Waals surface area contributed by atoms with E-state index in [2.05, 4.69) is 0 Å². The smallest absolute Gasteiger partial charge is 0.315 e. The molecule has 0 bridgehead atoms. The monoisotopic (exact) mass is 357 g/mol. The fourth-order valence-corrected chi connectivity index (χ4v) is 2.63. The largest absolute Gasteiger partial charge is 0.500 e. The molecule has 0 fully saturated rings. The molecule has 8 heteroatoms. The number of methoxy groups -OCH3 is 2. The van der Waals surface area contributed by atoms with Gasteiger partial charge in [0.1, 0.15) is 18.1 Å². The molecule has 0 aromatic heterocycles. The summed E-state index contributed by atoms with van der Waals surface area (Å²) in [6.45, 7) is 0.0230. The number of rotatable bonds is 4. The second-order valence-corrected chi connectivity index (χ2v) is 5.50. The van der Waals surface area contributed by atoms with Gasteiger partial charge in [-0.15, -0.1) is 0 Å². The highest BCUT2D eigenvalue weighted by Crippen LogP contribution is 2.38. The zero-order valence-corrected chi connectivity index (χ0v) is 14.0. The van der Waals surface area contributed by atoms with Crippen LogP contribution in [-0.4, -0.2) is 36.6 Å². The Labute approximate surface area is 148 Å². The average Bonchev–Trinajstić information content (AvgIpc) is 2.64. The van der Waals surface area contributed by atoms with Gasteiger partial charge in [-0.05, 0) is 35.9 Å². The molecule has 0 atom stereocenters. The van der Waals surface area contributed by atoms with Crippen LogP contribution in [0, 0.1) is 10.1 Å². The van der Waals surface area contributed by atoms with Gasteiger partial charge in [0.15, 0.2) is 11.5 Å². The summed E-state index contributed by atoms with van der Waals surface area (Å²) in [6, 6.07) is 7.49. The molecule has 0 radical (unpaired) electrons. The van der Waals surface area contributed by atoms with Crippen LogP contribution >= 0.6 is 0 Å². The van der Waals surface area contributed by atoms with Crippen LogP contribution in [0.1, 0.15) is 15.9 Å². The number of phenols is 1. The lowest BCUT2D eigenvalue weighted by molar-refractivity contribution is -0.386. The summed E-state index contributed by atoms with van der Waals surface area (Å²) in [7, 11) is 2.78. The van der Waals surface area contributed by atoms with E-state index >= 15 is 0 Å². The molecule has 1 aliphatic rings. The Balaban J connectivity index is 2.04. The van der Waals surface area contributed by atoms with E-state index in [0.29, 0.717) is 28.2 Å². The lowest BCUT2D eigenvalue weighted by Crippen LogP contribution is -2.19. The van der Waals surface area contributed by atoms with Gasteiger partial charge in [-0.3, -0.25) is 14.9 Å². The van der Waals surface area contributed by atoms with Crippen LogP contribution in [0.3, 0.4) is 0 Å². The highest BCUT2D eigenvalue weighted by molar-refractivity contribution is 6.14. The molecule has 1 heterocycles. The highest BCUT2D eigenvalue weighted by atomic mass is 16.6. The number of ketones is 1. The molecule has 8 nitrogen and oxygen atoms in total. The van der Waals surface area contributed by atoms with Crippen molar-refractivity contribution in [2.45, 2.75) is 0 Å². The molecule has 1 N–H and O–H groups in total. The van der Waals surface area contributed by atoms with Crippen molar-refractivity contribution in [3.8, 4) is 23.0 Å². The first-order valence-corrected chi connectivity index (χ1v) is 7.56. The van der Waals surface area contributed by atoms with Crippen LogP contribution in [0.4, 0.5) is 5.69 Å². The lowest BCUT2D eigenvalue weighted by atomic mass is 9.98. The van der Waals surface area contributed by atoms with Crippen molar-refractivity contribution < 1.29 is 29.0 Å². The number of nitrogens with zero attached hydrogens (tertiary/aromatic N) is 1. The van der Waals surface area contributed by atoms with Crippen molar-refractivity contribution in [2.24, 2.45) is 0 Å². The van der Waals surface area contributed by atoms with Crippen molar-refractivity contribution in [1.82, 2.24) is 0 Å². The molecule has 2 aromatic rings. The number of hydrogen-bond acceptors (Lipinski definition) is 7. The highest BCUT2D eigenvalue weighted by Gasteiger charge is 2.25. The summed E-state index contributed by atoms with van der Waals surface area (Å²) >= 11 is 0. The average molecular weight is 357 g/mol. The van der Waals surface area contributed by atoms with Crippen LogP contribution in [0.5, 0.6) is 23.0 Å². The summed E-state index contributed by atoms with van der Waals surface area (Å²) in [4.78, 5) is 23.1. The normalized spacial score (nSPS) is 14.5. The summed E-state index contributed by atoms with van der Waals surface area (Å²) < 4.78 is 15.7. The van der Waals surface area contributed by atoms with Gasteiger partial charge in [-0.2, -0.15) is 0 Å². The van der Waals surface area contributed by atoms with E-state index < -0.39 is 16.4 Å². The van der Waals surface area contributed by atoms with Gasteiger partial charge < -0.3 is 19.3 Å². The minimum Gasteiger partial charge on any atom is -0.500 e. The third-order valence-electron chi connectivity index (χ3n) is 3.94. The predicted molar refractivity (Wildman–Crippen MR) is 92.1 cm³/mol. The van der Waals surface area contributed by atoms with Crippen molar-refractivity contribution in [3.05, 3.63) is 57.1 Å². The number of carbonyl (C=O) groups is 1. The SMILES string of the molecule is COc1ccc2c(c1)C(=O)/C(=C/c1cc(OC)c(O)c([N+](=O)[O-])c1)CO2. The third kappa shape index (κ3) is 3.04. The number of aromatic hydroxyl groups is 1. The first-order valence-electron chi connectivity index (χ1n) is 7.56. The Morgan fingerprint density at radius 1 is 1.23 bits per heavy atom. The minimum absolute atomic E-state index is 0.0230. The van der Waals surface area contributed by atoms with Crippen LogP contribution in [0.25, 0.3) is 6.08 Å². The number of nitro benzene ring substituents is 1. The van der Waals surface area contributed by atoms with Crippen molar-refractivity contribution in [2.75, 3.05) is 20.8 Å². The van der Waals surface area contributed by atoms with E-state index in [-0.39, 0.29) is 18.1 Å². The Morgan fingerprint density at radius 3 is 2.65 bits per heavy atom. The van der Waals surface area contributed by atoms with Crippen molar-refractivity contribution >= 4 is 17.5 Å². The van der Waals surface area contributed by atoms with Gasteiger partial charge >= 0.3 is 5.69 Å². The van der Waals surface area contributed by atoms with Crippen molar-refractivity contribution in [3.63, 3.8) is 0 Å². The summed E-state index contributed by atoms with van der Waals surface area (Å²) in [6.07, 6.45) is 1.47. The maximum absolute atomic E-state index is 12.7. The van der Waals surface area contributed by atoms with Gasteiger partial charge in [0.25, 0.3) is 0 Å². The van der Waals surface area contributed by atoms with Crippen LogP contribution < -0.4 is 14.2 Å². The van der Waals surface area contributed by atoms with Crippen LogP contribution in [0.2, 0.25) is 0 Å². The second-order valence-electron chi connectivity index (χ2n) is 5.50. The maximum atomic E-state index is 12.7. The zero-order valence-electron chi connectivity index (χ0n) is 14.0. The van der Waals surface area contributed by atoms with Gasteiger partial charge in [-0.25, -0.2) is 0 Å². The number of ether oxygens (including phenoxy) is 3. The zero-order chi connectivity index (χ0) is 18.8. The maximum Gasteiger partial charge on any atom is 0.315 e. The molecule has 0 aliphatic carbocycles. The minimum atomic E-state index is -0.723. The first kappa shape index (κ1) is 17.3. The summed E-state index contributed by atoms with van der Waals surface area (Å²) in [5, 5.41) is 20.9. The summed E-state index contributed by atoms with van der Waals surface area (Å²) in [5.41, 5.74) is 0.488. The number of Topliss-reactive ketones (excluding diaryl/α,β-unsaturated/α-hetero) is 1. The van der Waals surface area contributed by atoms with Gasteiger partial charge in [0, 0.05) is 11.6 Å². The summed E-state index contributed by atoms with van der Waals surface area (Å²) in [5.74, 6) is 0.0733. The van der Waals surface area contributed by atoms with E-state index in [1.54, 1.807) is 18.2 Å². The van der Waals surface area contributed by atoms with E-state index in [1.807, 2.05) is 0 Å². The van der Waals surface area contributed by atoms with Gasteiger partial charge in [0.2, 0.25) is 5.75 Å². The van der Waals surface area contributed by atoms with E-state index in [4.69, 9.17) is 14.2 Å². The predicted octanol–water partition coefficient (Wildman–Crippen LogP) is 2.98. The molecular weight excluding hydrogens is 342 g/mol. The van der Waals surface area contributed by atoms with Gasteiger partial charge in [-0.1, -0.05) is 0 Å². The molecule has 0 spiro atoms. The molecule has 1 aliphatic heterocycles. The molecule has 0 unspecified atom stereocenters. The lowest BCUT2D eigenvalue weighted by Gasteiger charge is -2.19. The first-order chi connectivity index (χ1) is 12.4. The number of hydrogen-bond donors (Lipinski definition) is 1. The fourth-order valence-electron chi connectivity index (χ4n) is 2.63. The Hall–Kier alpha value is -3.55. The number of fused-ring (bicyclic) bond motifs is 1. The molecule has 134 valence electrons.